The second-order valence-electron chi connectivity index (χ2n) is 4.82. The standard InChI is InChI=1S/C16H13N5/c1-17-15-5-2-10(8-19-15)13-4-3-12-11-6-7-18-9-14(11)21-16(12)20-13/h2-9H,1H3,(H,17,19)(H,20,21). The summed E-state index contributed by atoms with van der Waals surface area (Å²) in [5.41, 5.74) is 3.76. The molecular formula is C16H13N5. The van der Waals surface area contributed by atoms with Gasteiger partial charge in [-0.2, -0.15) is 0 Å². The quantitative estimate of drug-likeness (QED) is 0.589. The summed E-state index contributed by atoms with van der Waals surface area (Å²) in [6, 6.07) is 10.1. The molecule has 0 saturated carbocycles. The Balaban J connectivity index is 1.87. The Morgan fingerprint density at radius 3 is 2.76 bits per heavy atom. The van der Waals surface area contributed by atoms with Gasteiger partial charge in [-0.15, -0.1) is 0 Å². The third-order valence-corrected chi connectivity index (χ3v) is 3.57. The van der Waals surface area contributed by atoms with Gasteiger partial charge in [0.1, 0.15) is 11.5 Å². The van der Waals surface area contributed by atoms with Crippen LogP contribution in [-0.4, -0.2) is 27.0 Å². The predicted octanol–water partition coefficient (Wildman–Crippen LogP) is 3.21. The second-order valence-corrected chi connectivity index (χ2v) is 4.82. The van der Waals surface area contributed by atoms with Gasteiger partial charge < -0.3 is 10.3 Å². The van der Waals surface area contributed by atoms with Crippen LogP contribution in [0.25, 0.3) is 33.2 Å². The number of fused-ring (bicyclic) bond motifs is 3. The first-order chi connectivity index (χ1) is 10.3. The Kier molecular flexibility index (Phi) is 2.57. The van der Waals surface area contributed by atoms with E-state index in [0.29, 0.717) is 0 Å². The van der Waals surface area contributed by atoms with Gasteiger partial charge in [0, 0.05) is 35.8 Å². The number of anilines is 1. The first-order valence-corrected chi connectivity index (χ1v) is 6.72. The van der Waals surface area contributed by atoms with Crippen LogP contribution in [-0.2, 0) is 0 Å². The van der Waals surface area contributed by atoms with Gasteiger partial charge in [0.05, 0.1) is 17.4 Å². The van der Waals surface area contributed by atoms with E-state index >= 15 is 0 Å². The van der Waals surface area contributed by atoms with Gasteiger partial charge in [-0.25, -0.2) is 9.97 Å². The predicted molar refractivity (Wildman–Crippen MR) is 84.2 cm³/mol. The summed E-state index contributed by atoms with van der Waals surface area (Å²) in [6.45, 7) is 0. The SMILES string of the molecule is CNc1ccc(-c2ccc3c(n2)[nH]c2cnccc23)cn1. The number of H-pyrrole nitrogens is 1. The lowest BCUT2D eigenvalue weighted by Gasteiger charge is -2.02. The molecule has 0 aliphatic rings. The number of hydrogen-bond acceptors (Lipinski definition) is 4. The van der Waals surface area contributed by atoms with Gasteiger partial charge in [-0.05, 0) is 30.3 Å². The van der Waals surface area contributed by atoms with Crippen LogP contribution in [0.3, 0.4) is 0 Å². The van der Waals surface area contributed by atoms with Gasteiger partial charge in [-0.3, -0.25) is 4.98 Å². The van der Waals surface area contributed by atoms with Crippen molar-refractivity contribution < 1.29 is 0 Å². The van der Waals surface area contributed by atoms with Crippen LogP contribution in [0.2, 0.25) is 0 Å². The maximum absolute atomic E-state index is 4.69. The molecule has 4 heterocycles. The topological polar surface area (TPSA) is 66.5 Å². The van der Waals surface area contributed by atoms with Crippen LogP contribution in [0, 0.1) is 0 Å². The minimum atomic E-state index is 0.844. The molecule has 0 aliphatic carbocycles. The summed E-state index contributed by atoms with van der Waals surface area (Å²) in [5.74, 6) is 0.844. The summed E-state index contributed by atoms with van der Waals surface area (Å²) in [7, 11) is 1.85. The van der Waals surface area contributed by atoms with E-state index in [1.165, 1.54) is 0 Å². The lowest BCUT2D eigenvalue weighted by atomic mass is 10.1. The van der Waals surface area contributed by atoms with E-state index in [1.54, 1.807) is 6.20 Å². The molecule has 2 N–H and O–H groups in total. The normalized spacial score (nSPS) is 11.1. The van der Waals surface area contributed by atoms with Crippen LogP contribution in [0.5, 0.6) is 0 Å². The first-order valence-electron chi connectivity index (χ1n) is 6.72. The van der Waals surface area contributed by atoms with Crippen molar-refractivity contribution in [2.75, 3.05) is 12.4 Å². The van der Waals surface area contributed by atoms with Crippen LogP contribution < -0.4 is 5.32 Å². The van der Waals surface area contributed by atoms with Crippen LogP contribution in [0.1, 0.15) is 0 Å². The Labute approximate surface area is 121 Å². The van der Waals surface area contributed by atoms with E-state index in [0.717, 1.165) is 39.0 Å². The molecule has 5 heteroatoms. The van der Waals surface area contributed by atoms with E-state index in [1.807, 2.05) is 43.7 Å². The Bertz CT molecular complexity index is 924. The van der Waals surface area contributed by atoms with Crippen LogP contribution >= 0.6 is 0 Å². The Morgan fingerprint density at radius 1 is 1.00 bits per heavy atom. The highest BCUT2D eigenvalue weighted by Gasteiger charge is 2.07. The van der Waals surface area contributed by atoms with Gasteiger partial charge in [-0.1, -0.05) is 0 Å². The van der Waals surface area contributed by atoms with Gasteiger partial charge in [0.2, 0.25) is 0 Å². The molecule has 0 aromatic carbocycles. The zero-order chi connectivity index (χ0) is 14.2. The lowest BCUT2D eigenvalue weighted by Crippen LogP contribution is -1.92. The molecule has 0 atom stereocenters. The minimum Gasteiger partial charge on any atom is -0.373 e. The fourth-order valence-corrected chi connectivity index (χ4v) is 2.48. The third kappa shape index (κ3) is 1.90. The molecule has 4 aromatic heterocycles. The van der Waals surface area contributed by atoms with E-state index in [2.05, 4.69) is 26.3 Å². The second kappa shape index (κ2) is 4.56. The molecule has 21 heavy (non-hydrogen) atoms. The Hall–Kier alpha value is -2.95. The molecule has 0 saturated heterocycles. The molecule has 0 unspecified atom stereocenters. The maximum Gasteiger partial charge on any atom is 0.139 e. The molecule has 0 fully saturated rings. The Morgan fingerprint density at radius 2 is 1.95 bits per heavy atom. The smallest absolute Gasteiger partial charge is 0.139 e. The van der Waals surface area contributed by atoms with Gasteiger partial charge in [0.25, 0.3) is 0 Å². The molecule has 0 bridgehead atoms. The number of nitrogens with zero attached hydrogens (tertiary/aromatic N) is 3. The summed E-state index contributed by atoms with van der Waals surface area (Å²) in [6.07, 6.45) is 5.44. The zero-order valence-electron chi connectivity index (χ0n) is 11.5. The highest BCUT2D eigenvalue weighted by molar-refractivity contribution is 6.05. The van der Waals surface area contributed by atoms with Crippen molar-refractivity contribution >= 4 is 27.8 Å². The van der Waals surface area contributed by atoms with Gasteiger partial charge in [0.15, 0.2) is 0 Å². The largest absolute Gasteiger partial charge is 0.373 e. The highest BCUT2D eigenvalue weighted by atomic mass is 14.9. The van der Waals surface area contributed by atoms with E-state index in [9.17, 15) is 0 Å². The average molecular weight is 275 g/mol. The minimum absolute atomic E-state index is 0.844. The summed E-state index contributed by atoms with van der Waals surface area (Å²) < 4.78 is 0. The number of pyridine rings is 3. The van der Waals surface area contributed by atoms with Crippen molar-refractivity contribution in [2.45, 2.75) is 0 Å². The fraction of sp³-hybridized carbons (Fsp3) is 0.0625. The average Bonchev–Trinajstić information content (AvgIpc) is 2.92. The number of aromatic amines is 1. The molecule has 0 spiro atoms. The number of aromatic nitrogens is 4. The third-order valence-electron chi connectivity index (χ3n) is 3.57. The van der Waals surface area contributed by atoms with Crippen LogP contribution in [0.15, 0.2) is 48.9 Å². The first kappa shape index (κ1) is 11.8. The number of hydrogen-bond donors (Lipinski definition) is 2. The molecule has 0 radical (unpaired) electrons. The van der Waals surface area contributed by atoms with Crippen molar-refractivity contribution in [3.8, 4) is 11.3 Å². The van der Waals surface area contributed by atoms with E-state index < -0.39 is 0 Å². The van der Waals surface area contributed by atoms with Gasteiger partial charge >= 0.3 is 0 Å². The van der Waals surface area contributed by atoms with Crippen molar-refractivity contribution in [3.05, 3.63) is 48.9 Å². The number of nitrogens with one attached hydrogen (secondary N) is 2. The number of rotatable bonds is 2. The highest BCUT2D eigenvalue weighted by Crippen LogP contribution is 2.26. The van der Waals surface area contributed by atoms with Crippen molar-refractivity contribution in [2.24, 2.45) is 0 Å². The summed E-state index contributed by atoms with van der Waals surface area (Å²) in [5, 5.41) is 5.26. The molecular weight excluding hydrogens is 262 g/mol. The molecule has 0 amide bonds. The van der Waals surface area contributed by atoms with Crippen molar-refractivity contribution in [3.63, 3.8) is 0 Å². The molecule has 0 aliphatic heterocycles. The molecule has 4 rings (SSSR count). The van der Waals surface area contributed by atoms with E-state index in [-0.39, 0.29) is 0 Å². The van der Waals surface area contributed by atoms with Crippen molar-refractivity contribution in [1.29, 1.82) is 0 Å². The fourth-order valence-electron chi connectivity index (χ4n) is 2.48. The van der Waals surface area contributed by atoms with E-state index in [4.69, 9.17) is 4.98 Å². The lowest BCUT2D eigenvalue weighted by molar-refractivity contribution is 1.27. The van der Waals surface area contributed by atoms with Crippen molar-refractivity contribution in [1.82, 2.24) is 19.9 Å². The molecule has 5 nitrogen and oxygen atoms in total. The maximum atomic E-state index is 4.69. The van der Waals surface area contributed by atoms with Crippen LogP contribution in [0.4, 0.5) is 5.82 Å². The monoisotopic (exact) mass is 275 g/mol. The molecule has 4 aromatic rings. The summed E-state index contributed by atoms with van der Waals surface area (Å²) in [4.78, 5) is 16.5. The molecule has 102 valence electrons. The zero-order valence-corrected chi connectivity index (χ0v) is 11.5. The summed E-state index contributed by atoms with van der Waals surface area (Å²) >= 11 is 0.